The molecule has 9 heteroatoms. The van der Waals surface area contributed by atoms with Crippen molar-refractivity contribution in [2.75, 3.05) is 51.7 Å². The third-order valence-electron chi connectivity index (χ3n) is 5.91. The first kappa shape index (κ1) is 35.7. The summed E-state index contributed by atoms with van der Waals surface area (Å²) >= 11 is 7.07. The minimum atomic E-state index is 0.822. The highest BCUT2D eigenvalue weighted by Gasteiger charge is 2.01. The summed E-state index contributed by atoms with van der Waals surface area (Å²) in [6.45, 7) is 0. The van der Waals surface area contributed by atoms with Gasteiger partial charge in [0.1, 0.15) is 0 Å². The highest BCUT2D eigenvalue weighted by molar-refractivity contribution is 8.03. The summed E-state index contributed by atoms with van der Waals surface area (Å²) in [6.07, 6.45) is 4.34. The van der Waals surface area contributed by atoms with Crippen LogP contribution in [0, 0.1) is 0 Å². The Bertz CT molecular complexity index is 1480. The van der Waals surface area contributed by atoms with Crippen LogP contribution < -0.4 is 28.7 Å². The van der Waals surface area contributed by atoms with Crippen molar-refractivity contribution >= 4 is 75.5 Å². The first-order chi connectivity index (χ1) is 21.9. The van der Waals surface area contributed by atoms with Crippen LogP contribution in [0.5, 0.6) is 0 Å². The highest BCUT2D eigenvalue weighted by atomic mass is 32.2. The maximum atomic E-state index is 5.89. The van der Waals surface area contributed by atoms with Crippen LogP contribution >= 0.6 is 47.0 Å². The third-order valence-corrected chi connectivity index (χ3v) is 10.4. The summed E-state index contributed by atoms with van der Waals surface area (Å²) in [6, 6.07) is 41.3. The van der Waals surface area contributed by atoms with E-state index in [0.29, 0.717) is 0 Å². The second kappa shape index (κ2) is 21.1. The van der Waals surface area contributed by atoms with Gasteiger partial charge in [-0.2, -0.15) is 0 Å². The third kappa shape index (κ3) is 14.3. The summed E-state index contributed by atoms with van der Waals surface area (Å²) in [5, 5.41) is 0. The zero-order valence-electron chi connectivity index (χ0n) is 25.1. The summed E-state index contributed by atoms with van der Waals surface area (Å²) in [5.74, 6) is 3.90. The summed E-state index contributed by atoms with van der Waals surface area (Å²) in [7, 11) is 0. The quantitative estimate of drug-likeness (QED) is 0.0404. The predicted molar refractivity (Wildman–Crippen MR) is 206 cm³/mol. The molecular weight excluding hydrogens is 631 g/mol. The molecule has 45 heavy (non-hydrogen) atoms. The monoisotopic (exact) mass is 671 g/mol. The molecule has 0 heterocycles. The molecular formula is C36H41N5S4. The number of anilines is 5. The lowest BCUT2D eigenvalue weighted by atomic mass is 10.3. The van der Waals surface area contributed by atoms with Gasteiger partial charge in [-0.05, 0) is 60.7 Å². The van der Waals surface area contributed by atoms with Crippen LogP contribution in [0.25, 0.3) is 0 Å². The Morgan fingerprint density at radius 3 is 0.933 bits per heavy atom. The topological polar surface area (TPSA) is 130 Å². The Hall–Kier alpha value is -3.76. The molecule has 0 atom stereocenters. The predicted octanol–water partition coefficient (Wildman–Crippen LogP) is 9.30. The van der Waals surface area contributed by atoms with Gasteiger partial charge in [0.15, 0.2) is 0 Å². The maximum absolute atomic E-state index is 5.89. The normalized spacial score (nSPS) is 10.4. The van der Waals surface area contributed by atoms with Crippen molar-refractivity contribution in [1.29, 1.82) is 0 Å². The van der Waals surface area contributed by atoms with E-state index in [1.165, 1.54) is 0 Å². The lowest BCUT2D eigenvalue weighted by molar-refractivity contribution is 1.42. The number of hydrogen-bond donors (Lipinski definition) is 5. The molecule has 0 spiro atoms. The van der Waals surface area contributed by atoms with Gasteiger partial charge in [0.05, 0.1) is 0 Å². The van der Waals surface area contributed by atoms with Crippen LogP contribution in [0.1, 0.15) is 0 Å². The molecule has 10 N–H and O–H groups in total. The van der Waals surface area contributed by atoms with Gasteiger partial charge in [-0.1, -0.05) is 78.9 Å². The van der Waals surface area contributed by atoms with Crippen molar-refractivity contribution in [3.8, 4) is 0 Å². The van der Waals surface area contributed by atoms with E-state index in [0.717, 1.165) is 71.0 Å². The second-order valence-electron chi connectivity index (χ2n) is 9.35. The largest absolute Gasteiger partial charge is 0.399 e. The van der Waals surface area contributed by atoms with Crippen LogP contribution in [0.2, 0.25) is 0 Å². The maximum Gasteiger partial charge on any atom is 0.0452 e. The minimum Gasteiger partial charge on any atom is -0.399 e. The fourth-order valence-corrected chi connectivity index (χ4v) is 7.18. The minimum absolute atomic E-state index is 0.822. The van der Waals surface area contributed by atoms with E-state index in [4.69, 9.17) is 28.7 Å². The standard InChI is InChI=1S/C16H18N2S2.C14H16N2S2.C6H7N/c17-13-7-1-3-9-15(13)19-11-5-6-12-20-16-10-4-2-8-14(16)18;15-11-5-1-3-7-13(11)17-9-10-18-14-8-4-2-6-12(14)16;7-6-4-2-1-3-5-6/h1-10H,11-12,17-18H2;1-8H,9-10,15-16H2;1-5H,7H2. The van der Waals surface area contributed by atoms with E-state index in [1.54, 1.807) is 47.0 Å². The van der Waals surface area contributed by atoms with Crippen LogP contribution in [0.3, 0.4) is 0 Å². The van der Waals surface area contributed by atoms with Crippen molar-refractivity contribution in [1.82, 2.24) is 0 Å². The molecule has 0 aliphatic rings. The lowest BCUT2D eigenvalue weighted by Crippen LogP contribution is -1.91. The molecule has 0 unspecified atom stereocenters. The summed E-state index contributed by atoms with van der Waals surface area (Å²) < 4.78 is 0. The zero-order chi connectivity index (χ0) is 32.1. The van der Waals surface area contributed by atoms with Gasteiger partial charge < -0.3 is 28.7 Å². The number of benzene rings is 5. The van der Waals surface area contributed by atoms with Crippen molar-refractivity contribution < 1.29 is 0 Å². The summed E-state index contributed by atoms with van der Waals surface area (Å²) in [4.78, 5) is 4.58. The van der Waals surface area contributed by atoms with Gasteiger partial charge in [0.2, 0.25) is 0 Å². The van der Waals surface area contributed by atoms with E-state index in [2.05, 4.69) is 24.3 Å². The molecule has 5 aromatic carbocycles. The Morgan fingerprint density at radius 1 is 0.356 bits per heavy atom. The molecule has 5 rings (SSSR count). The number of para-hydroxylation sites is 5. The molecule has 0 bridgehead atoms. The number of nitrogens with two attached hydrogens (primary N) is 5. The van der Waals surface area contributed by atoms with E-state index in [9.17, 15) is 0 Å². The molecule has 0 aromatic heterocycles. The molecule has 0 amide bonds. The van der Waals surface area contributed by atoms with Gasteiger partial charge in [-0.25, -0.2) is 0 Å². The number of rotatable bonds is 11. The smallest absolute Gasteiger partial charge is 0.0452 e. The van der Waals surface area contributed by atoms with Crippen molar-refractivity contribution in [3.05, 3.63) is 140 Å². The van der Waals surface area contributed by atoms with E-state index >= 15 is 0 Å². The van der Waals surface area contributed by atoms with Crippen LogP contribution in [0.15, 0.2) is 159 Å². The second-order valence-corrected chi connectivity index (χ2v) is 13.7. The van der Waals surface area contributed by atoms with Gasteiger partial charge >= 0.3 is 0 Å². The van der Waals surface area contributed by atoms with Crippen LogP contribution in [-0.4, -0.2) is 23.0 Å². The fourth-order valence-electron chi connectivity index (χ4n) is 3.62. The van der Waals surface area contributed by atoms with Gasteiger partial charge in [0, 0.05) is 71.0 Å². The van der Waals surface area contributed by atoms with Gasteiger partial charge in [-0.3, -0.25) is 0 Å². The molecule has 0 aliphatic carbocycles. The fraction of sp³-hybridized carbons (Fsp3) is 0.111. The molecule has 5 aromatic rings. The number of hydrogen-bond acceptors (Lipinski definition) is 9. The first-order valence-electron chi connectivity index (χ1n) is 14.3. The Labute approximate surface area is 284 Å². The highest BCUT2D eigenvalue weighted by Crippen LogP contribution is 2.29. The van der Waals surface area contributed by atoms with E-state index < -0.39 is 0 Å². The van der Waals surface area contributed by atoms with Crippen molar-refractivity contribution in [2.45, 2.75) is 19.6 Å². The molecule has 5 nitrogen and oxygen atoms in total. The average Bonchev–Trinajstić information content (AvgIpc) is 3.05. The van der Waals surface area contributed by atoms with E-state index in [1.807, 2.05) is 115 Å². The van der Waals surface area contributed by atoms with Crippen molar-refractivity contribution in [3.63, 3.8) is 0 Å². The molecule has 0 radical (unpaired) electrons. The molecule has 0 fully saturated rings. The first-order valence-corrected chi connectivity index (χ1v) is 18.2. The molecule has 0 saturated heterocycles. The van der Waals surface area contributed by atoms with Gasteiger partial charge in [0.25, 0.3) is 0 Å². The molecule has 0 saturated carbocycles. The Kier molecular flexibility index (Phi) is 16.7. The lowest BCUT2D eigenvalue weighted by Gasteiger charge is -2.06. The average molecular weight is 672 g/mol. The Balaban J connectivity index is 0.000000203. The van der Waals surface area contributed by atoms with Gasteiger partial charge in [-0.15, -0.1) is 47.0 Å². The zero-order valence-corrected chi connectivity index (χ0v) is 28.4. The van der Waals surface area contributed by atoms with Crippen LogP contribution in [0.4, 0.5) is 28.4 Å². The van der Waals surface area contributed by atoms with Crippen LogP contribution in [-0.2, 0) is 0 Å². The summed E-state index contributed by atoms with van der Waals surface area (Å²) in [5.41, 5.74) is 33.1. The Morgan fingerprint density at radius 2 is 0.644 bits per heavy atom. The molecule has 234 valence electrons. The number of thioether (sulfide) groups is 4. The van der Waals surface area contributed by atoms with Crippen molar-refractivity contribution in [2.24, 2.45) is 0 Å². The number of nitrogen functional groups attached to an aromatic ring is 5. The molecule has 0 aliphatic heterocycles. The van der Waals surface area contributed by atoms with E-state index in [-0.39, 0.29) is 0 Å². The SMILES string of the molecule is Nc1ccccc1.Nc1ccccc1SCC=CCSc1ccccc1N.Nc1ccccc1SCCSc1ccccc1N.